The molecule has 2 aliphatic rings. The minimum absolute atomic E-state index is 0.00346. The summed E-state index contributed by atoms with van der Waals surface area (Å²) in [5.74, 6) is -0.557. The molecular weight excluding hydrogens is 446 g/mol. The Labute approximate surface area is 194 Å². The first-order chi connectivity index (χ1) is 15.3. The standard InChI is InChI=1S/C23H23N3O4S2/c1-13-3-5-15(6-4-13)12-17-22(29)26(23(30)31-17)10-9-24-21(28)19-14(2)11-18(32-19)25-20(27)16-7-8-16/h3-6,11-12,16H,7-10H2,1-2H3,(H,24,28)(H,25,27)/b17-12-. The quantitative estimate of drug-likeness (QED) is 0.593. The maximum absolute atomic E-state index is 12.6. The molecule has 2 aromatic rings. The van der Waals surface area contributed by atoms with E-state index in [0.717, 1.165) is 46.2 Å². The second-order valence-corrected chi connectivity index (χ2v) is 9.93. The molecule has 0 spiro atoms. The predicted octanol–water partition coefficient (Wildman–Crippen LogP) is 4.18. The predicted molar refractivity (Wildman–Crippen MR) is 127 cm³/mol. The third-order valence-electron chi connectivity index (χ3n) is 5.19. The van der Waals surface area contributed by atoms with Crippen LogP contribution in [0.1, 0.15) is 39.2 Å². The van der Waals surface area contributed by atoms with Gasteiger partial charge in [-0.2, -0.15) is 0 Å². The lowest BCUT2D eigenvalue weighted by molar-refractivity contribution is -0.122. The van der Waals surface area contributed by atoms with Gasteiger partial charge >= 0.3 is 0 Å². The molecule has 4 amide bonds. The van der Waals surface area contributed by atoms with E-state index in [1.807, 2.05) is 38.1 Å². The molecule has 0 radical (unpaired) electrons. The number of amides is 4. The topological polar surface area (TPSA) is 95.6 Å². The normalized spacial score (nSPS) is 17.2. The highest BCUT2D eigenvalue weighted by molar-refractivity contribution is 8.18. The van der Waals surface area contributed by atoms with Crippen LogP contribution in [-0.2, 0) is 9.59 Å². The number of aryl methyl sites for hydroxylation is 2. The molecule has 1 aromatic heterocycles. The van der Waals surface area contributed by atoms with Crippen molar-refractivity contribution in [3.63, 3.8) is 0 Å². The van der Waals surface area contributed by atoms with E-state index in [0.29, 0.717) is 14.8 Å². The van der Waals surface area contributed by atoms with Crippen molar-refractivity contribution in [3.05, 3.63) is 56.8 Å². The fourth-order valence-corrected chi connectivity index (χ4v) is 5.06. The van der Waals surface area contributed by atoms with Gasteiger partial charge in [0, 0.05) is 19.0 Å². The summed E-state index contributed by atoms with van der Waals surface area (Å²) in [7, 11) is 0. The highest BCUT2D eigenvalue weighted by Crippen LogP contribution is 2.33. The average molecular weight is 470 g/mol. The average Bonchev–Trinajstić information content (AvgIpc) is 3.50. The highest BCUT2D eigenvalue weighted by atomic mass is 32.2. The number of carbonyl (C=O) groups excluding carboxylic acids is 4. The fourth-order valence-electron chi connectivity index (χ4n) is 3.21. The molecule has 1 aromatic carbocycles. The van der Waals surface area contributed by atoms with Gasteiger partial charge < -0.3 is 10.6 Å². The first-order valence-electron chi connectivity index (χ1n) is 10.3. The van der Waals surface area contributed by atoms with Crippen molar-refractivity contribution < 1.29 is 19.2 Å². The molecule has 0 unspecified atom stereocenters. The van der Waals surface area contributed by atoms with E-state index in [1.54, 1.807) is 12.1 Å². The lowest BCUT2D eigenvalue weighted by atomic mass is 10.1. The summed E-state index contributed by atoms with van der Waals surface area (Å²) in [4.78, 5) is 51.4. The monoisotopic (exact) mass is 469 g/mol. The summed E-state index contributed by atoms with van der Waals surface area (Å²) >= 11 is 2.13. The van der Waals surface area contributed by atoms with Gasteiger partial charge in [0.15, 0.2) is 0 Å². The van der Waals surface area contributed by atoms with E-state index in [9.17, 15) is 19.2 Å². The number of hydrogen-bond acceptors (Lipinski definition) is 6. The molecule has 4 rings (SSSR count). The minimum Gasteiger partial charge on any atom is -0.350 e. The molecule has 32 heavy (non-hydrogen) atoms. The number of thiophene rings is 1. The van der Waals surface area contributed by atoms with E-state index in [1.165, 1.54) is 11.3 Å². The van der Waals surface area contributed by atoms with Gasteiger partial charge in [0.05, 0.1) is 14.8 Å². The Morgan fingerprint density at radius 1 is 1.16 bits per heavy atom. The van der Waals surface area contributed by atoms with Crippen LogP contribution in [0.4, 0.5) is 9.80 Å². The Morgan fingerprint density at radius 3 is 2.56 bits per heavy atom. The number of benzene rings is 1. The Hall–Kier alpha value is -2.91. The van der Waals surface area contributed by atoms with Crippen LogP contribution in [0.15, 0.2) is 35.2 Å². The van der Waals surface area contributed by atoms with Gasteiger partial charge in [0.2, 0.25) is 5.91 Å². The lowest BCUT2D eigenvalue weighted by Crippen LogP contribution is -2.37. The maximum Gasteiger partial charge on any atom is 0.293 e. The smallest absolute Gasteiger partial charge is 0.293 e. The number of rotatable bonds is 7. The summed E-state index contributed by atoms with van der Waals surface area (Å²) in [6.07, 6.45) is 3.53. The molecular formula is C23H23N3O4S2. The van der Waals surface area contributed by atoms with Gasteiger partial charge in [-0.3, -0.25) is 24.1 Å². The third-order valence-corrected chi connectivity index (χ3v) is 7.25. The van der Waals surface area contributed by atoms with Gasteiger partial charge in [-0.15, -0.1) is 11.3 Å². The van der Waals surface area contributed by atoms with E-state index in [4.69, 9.17) is 0 Å². The Bertz CT molecular complexity index is 1120. The Morgan fingerprint density at radius 2 is 1.88 bits per heavy atom. The summed E-state index contributed by atoms with van der Waals surface area (Å²) in [5, 5.41) is 5.92. The van der Waals surface area contributed by atoms with Crippen LogP contribution in [0, 0.1) is 19.8 Å². The Kier molecular flexibility index (Phi) is 6.48. The first-order valence-corrected chi connectivity index (χ1v) is 12.0. The summed E-state index contributed by atoms with van der Waals surface area (Å²) in [6, 6.07) is 9.47. The van der Waals surface area contributed by atoms with Crippen LogP contribution < -0.4 is 10.6 Å². The van der Waals surface area contributed by atoms with E-state index in [2.05, 4.69) is 10.6 Å². The van der Waals surface area contributed by atoms with Crippen LogP contribution >= 0.6 is 23.1 Å². The molecule has 166 valence electrons. The maximum atomic E-state index is 12.6. The summed E-state index contributed by atoms with van der Waals surface area (Å²) in [6.45, 7) is 4.03. The fraction of sp³-hybridized carbons (Fsp3) is 0.304. The van der Waals surface area contributed by atoms with Crippen LogP contribution in [0.5, 0.6) is 0 Å². The summed E-state index contributed by atoms with van der Waals surface area (Å²) < 4.78 is 0. The number of nitrogens with one attached hydrogen (secondary N) is 2. The number of anilines is 1. The van der Waals surface area contributed by atoms with Crippen LogP contribution in [0.25, 0.3) is 6.08 Å². The van der Waals surface area contributed by atoms with Crippen molar-refractivity contribution in [2.45, 2.75) is 26.7 Å². The van der Waals surface area contributed by atoms with E-state index in [-0.39, 0.29) is 42.0 Å². The van der Waals surface area contributed by atoms with Crippen molar-refractivity contribution in [3.8, 4) is 0 Å². The summed E-state index contributed by atoms with van der Waals surface area (Å²) in [5.41, 5.74) is 2.74. The molecule has 2 N–H and O–H groups in total. The van der Waals surface area contributed by atoms with Crippen molar-refractivity contribution in [1.82, 2.24) is 10.2 Å². The molecule has 2 heterocycles. The molecule has 1 saturated heterocycles. The van der Waals surface area contributed by atoms with E-state index < -0.39 is 0 Å². The second-order valence-electron chi connectivity index (χ2n) is 7.89. The van der Waals surface area contributed by atoms with Gasteiger partial charge in [-0.1, -0.05) is 29.8 Å². The molecule has 1 aliphatic heterocycles. The van der Waals surface area contributed by atoms with Crippen LogP contribution in [0.3, 0.4) is 0 Å². The molecule has 0 atom stereocenters. The van der Waals surface area contributed by atoms with Crippen molar-refractivity contribution >= 4 is 57.1 Å². The number of hydrogen-bond donors (Lipinski definition) is 2. The molecule has 2 fully saturated rings. The molecule has 1 aliphatic carbocycles. The van der Waals surface area contributed by atoms with Crippen LogP contribution in [-0.4, -0.2) is 41.0 Å². The molecule has 0 bridgehead atoms. The van der Waals surface area contributed by atoms with Gasteiger partial charge in [0.25, 0.3) is 17.1 Å². The molecule has 9 heteroatoms. The first kappa shape index (κ1) is 22.3. The minimum atomic E-state index is -0.354. The van der Waals surface area contributed by atoms with Gasteiger partial charge in [0.1, 0.15) is 0 Å². The van der Waals surface area contributed by atoms with Crippen molar-refractivity contribution in [2.24, 2.45) is 5.92 Å². The third kappa shape index (κ3) is 5.11. The molecule has 1 saturated carbocycles. The largest absolute Gasteiger partial charge is 0.350 e. The van der Waals surface area contributed by atoms with Gasteiger partial charge in [-0.25, -0.2) is 0 Å². The second kappa shape index (κ2) is 9.30. The van der Waals surface area contributed by atoms with Crippen LogP contribution in [0.2, 0.25) is 0 Å². The number of nitrogens with zero attached hydrogens (tertiary/aromatic N) is 1. The Balaban J connectivity index is 1.32. The van der Waals surface area contributed by atoms with Crippen molar-refractivity contribution in [2.75, 3.05) is 18.4 Å². The van der Waals surface area contributed by atoms with Crippen molar-refractivity contribution in [1.29, 1.82) is 0 Å². The number of thioether (sulfide) groups is 1. The zero-order valence-corrected chi connectivity index (χ0v) is 19.4. The zero-order chi connectivity index (χ0) is 22.8. The van der Waals surface area contributed by atoms with E-state index >= 15 is 0 Å². The number of carbonyl (C=O) groups is 4. The van der Waals surface area contributed by atoms with Gasteiger partial charge in [-0.05, 0) is 61.7 Å². The SMILES string of the molecule is Cc1ccc(/C=C2\SC(=O)N(CCNC(=O)c3sc(NC(=O)C4CC4)cc3C)C2=O)cc1. The lowest BCUT2D eigenvalue weighted by Gasteiger charge is -2.12. The molecule has 7 nitrogen and oxygen atoms in total. The zero-order valence-electron chi connectivity index (χ0n) is 17.8. The number of imide groups is 1. The highest BCUT2D eigenvalue weighted by Gasteiger charge is 2.34.